The molecule has 0 radical (unpaired) electrons. The minimum absolute atomic E-state index is 0.0163. The summed E-state index contributed by atoms with van der Waals surface area (Å²) in [5.74, 6) is -0.134. The fraction of sp³-hybridized carbons (Fsp3) is 0.385. The van der Waals surface area contributed by atoms with Gasteiger partial charge in [-0.15, -0.1) is 0 Å². The van der Waals surface area contributed by atoms with Gasteiger partial charge >= 0.3 is 0 Å². The van der Waals surface area contributed by atoms with Gasteiger partial charge in [-0.1, -0.05) is 0 Å². The second kappa shape index (κ2) is 5.64. The third kappa shape index (κ3) is 2.87. The van der Waals surface area contributed by atoms with Crippen LogP contribution in [0.5, 0.6) is 0 Å². The highest BCUT2D eigenvalue weighted by atomic mass is 16.3. The molecule has 2 amide bonds. The van der Waals surface area contributed by atoms with Crippen molar-refractivity contribution in [3.8, 4) is 0 Å². The topological polar surface area (TPSA) is 78.4 Å². The third-order valence-corrected chi connectivity index (χ3v) is 2.88. The number of amides is 2. The highest BCUT2D eigenvalue weighted by Crippen LogP contribution is 2.23. The molecule has 0 aliphatic carbocycles. The molecule has 0 saturated carbocycles. The number of aryl methyl sites for hydroxylation is 1. The number of carbonyl (C=O) groups is 2. The number of nitrogens with one attached hydrogen (secondary N) is 2. The van der Waals surface area contributed by atoms with E-state index in [1.54, 1.807) is 12.1 Å². The zero-order chi connectivity index (χ0) is 13.0. The first-order chi connectivity index (χ1) is 8.70. The Balaban J connectivity index is 2.06. The minimum atomic E-state index is -0.150. The van der Waals surface area contributed by atoms with Crippen LogP contribution >= 0.6 is 0 Å². The second-order valence-corrected chi connectivity index (χ2v) is 4.25. The van der Waals surface area contributed by atoms with E-state index < -0.39 is 0 Å². The highest BCUT2D eigenvalue weighted by Gasteiger charge is 2.16. The van der Waals surface area contributed by atoms with Crippen LogP contribution in [-0.4, -0.2) is 30.1 Å². The van der Waals surface area contributed by atoms with Gasteiger partial charge in [-0.3, -0.25) is 9.59 Å². The minimum Gasteiger partial charge on any atom is -0.396 e. The Hall–Kier alpha value is -1.88. The van der Waals surface area contributed by atoms with Crippen LogP contribution in [0.15, 0.2) is 18.2 Å². The molecule has 1 aromatic rings. The number of aliphatic hydroxyl groups is 1. The monoisotopic (exact) mass is 248 g/mol. The van der Waals surface area contributed by atoms with Gasteiger partial charge in [-0.25, -0.2) is 0 Å². The quantitative estimate of drug-likeness (QED) is 0.686. The summed E-state index contributed by atoms with van der Waals surface area (Å²) in [5, 5.41) is 14.1. The van der Waals surface area contributed by atoms with Gasteiger partial charge in [0, 0.05) is 30.8 Å². The molecule has 1 aliphatic rings. The van der Waals surface area contributed by atoms with Crippen molar-refractivity contribution >= 4 is 17.5 Å². The van der Waals surface area contributed by atoms with E-state index in [4.69, 9.17) is 5.11 Å². The Morgan fingerprint density at radius 3 is 3.00 bits per heavy atom. The molecule has 0 fully saturated rings. The summed E-state index contributed by atoms with van der Waals surface area (Å²) in [6.07, 6.45) is 1.67. The number of hydrogen-bond acceptors (Lipinski definition) is 3. The van der Waals surface area contributed by atoms with Gasteiger partial charge < -0.3 is 15.7 Å². The van der Waals surface area contributed by atoms with E-state index in [0.29, 0.717) is 31.4 Å². The molecule has 0 bridgehead atoms. The lowest BCUT2D eigenvalue weighted by atomic mass is 10.00. The van der Waals surface area contributed by atoms with Crippen molar-refractivity contribution in [3.05, 3.63) is 29.3 Å². The number of hydrogen-bond donors (Lipinski definition) is 3. The molecular weight excluding hydrogens is 232 g/mol. The lowest BCUT2D eigenvalue weighted by Gasteiger charge is -2.17. The van der Waals surface area contributed by atoms with E-state index in [1.807, 2.05) is 6.07 Å². The molecule has 1 aliphatic heterocycles. The lowest BCUT2D eigenvalue weighted by molar-refractivity contribution is -0.116. The van der Waals surface area contributed by atoms with Crippen LogP contribution in [0.2, 0.25) is 0 Å². The van der Waals surface area contributed by atoms with Crippen LogP contribution < -0.4 is 10.6 Å². The van der Waals surface area contributed by atoms with Gasteiger partial charge in [0.2, 0.25) is 5.91 Å². The summed E-state index contributed by atoms with van der Waals surface area (Å²) in [7, 11) is 0. The zero-order valence-electron chi connectivity index (χ0n) is 10.0. The van der Waals surface area contributed by atoms with Crippen LogP contribution in [0.1, 0.15) is 28.8 Å². The van der Waals surface area contributed by atoms with E-state index in [2.05, 4.69) is 10.6 Å². The van der Waals surface area contributed by atoms with Gasteiger partial charge in [-0.2, -0.15) is 0 Å². The average molecular weight is 248 g/mol. The molecule has 0 aromatic heterocycles. The van der Waals surface area contributed by atoms with Gasteiger partial charge in [0.25, 0.3) is 5.91 Å². The molecule has 5 nitrogen and oxygen atoms in total. The van der Waals surface area contributed by atoms with Crippen molar-refractivity contribution in [2.45, 2.75) is 19.3 Å². The van der Waals surface area contributed by atoms with Crippen molar-refractivity contribution in [1.82, 2.24) is 5.32 Å². The van der Waals surface area contributed by atoms with Crippen LogP contribution in [0.25, 0.3) is 0 Å². The summed E-state index contributed by atoms with van der Waals surface area (Å²) in [6.45, 7) is 0.527. The Morgan fingerprint density at radius 2 is 2.22 bits per heavy atom. The molecule has 0 unspecified atom stereocenters. The predicted molar refractivity (Wildman–Crippen MR) is 67.4 cm³/mol. The molecular formula is C13H16N2O3. The molecule has 0 atom stereocenters. The maximum absolute atomic E-state index is 11.8. The predicted octanol–water partition coefficient (Wildman–Crippen LogP) is 0.683. The van der Waals surface area contributed by atoms with Crippen molar-refractivity contribution in [3.63, 3.8) is 0 Å². The second-order valence-electron chi connectivity index (χ2n) is 4.25. The molecule has 1 aromatic carbocycles. The maximum atomic E-state index is 11.8. The number of aliphatic hydroxyl groups excluding tert-OH is 1. The third-order valence-electron chi connectivity index (χ3n) is 2.88. The maximum Gasteiger partial charge on any atom is 0.251 e. The number of carbonyl (C=O) groups excluding carboxylic acids is 2. The molecule has 5 heteroatoms. The summed E-state index contributed by atoms with van der Waals surface area (Å²) in [4.78, 5) is 23.0. The van der Waals surface area contributed by atoms with Crippen molar-refractivity contribution in [2.75, 3.05) is 18.5 Å². The van der Waals surface area contributed by atoms with E-state index in [0.717, 1.165) is 11.3 Å². The summed E-state index contributed by atoms with van der Waals surface area (Å²) < 4.78 is 0. The summed E-state index contributed by atoms with van der Waals surface area (Å²) in [5.41, 5.74) is 2.37. The molecule has 2 rings (SSSR count). The van der Waals surface area contributed by atoms with Crippen LogP contribution in [0.3, 0.4) is 0 Å². The van der Waals surface area contributed by atoms with Gasteiger partial charge in [0.15, 0.2) is 0 Å². The number of fused-ring (bicyclic) bond motifs is 1. The molecule has 1 heterocycles. The van der Waals surface area contributed by atoms with Gasteiger partial charge in [-0.05, 0) is 36.6 Å². The smallest absolute Gasteiger partial charge is 0.251 e. The van der Waals surface area contributed by atoms with Crippen LogP contribution in [-0.2, 0) is 11.2 Å². The number of benzene rings is 1. The first-order valence-electron chi connectivity index (χ1n) is 6.02. The first-order valence-corrected chi connectivity index (χ1v) is 6.02. The normalized spacial score (nSPS) is 13.7. The van der Waals surface area contributed by atoms with Crippen LogP contribution in [0.4, 0.5) is 5.69 Å². The average Bonchev–Trinajstić information content (AvgIpc) is 2.38. The Morgan fingerprint density at radius 1 is 1.39 bits per heavy atom. The van der Waals surface area contributed by atoms with Crippen molar-refractivity contribution in [1.29, 1.82) is 0 Å². The van der Waals surface area contributed by atoms with E-state index in [1.165, 1.54) is 0 Å². The summed E-state index contributed by atoms with van der Waals surface area (Å²) >= 11 is 0. The molecule has 18 heavy (non-hydrogen) atoms. The molecule has 0 saturated heterocycles. The van der Waals surface area contributed by atoms with E-state index in [9.17, 15) is 9.59 Å². The van der Waals surface area contributed by atoms with E-state index in [-0.39, 0.29) is 18.4 Å². The SMILES string of the molecule is O=C1CCc2cc(C(=O)NCCCO)ccc2N1. The first kappa shape index (κ1) is 12.6. The Labute approximate surface area is 105 Å². The Kier molecular flexibility index (Phi) is 3.94. The molecule has 96 valence electrons. The van der Waals surface area contributed by atoms with Crippen molar-refractivity contribution in [2.24, 2.45) is 0 Å². The standard InChI is InChI=1S/C13H16N2O3/c16-7-1-6-14-13(18)10-2-4-11-9(8-10)3-5-12(17)15-11/h2,4,8,16H,1,3,5-7H2,(H,14,18)(H,15,17). The fourth-order valence-corrected chi connectivity index (χ4v) is 1.91. The summed E-state index contributed by atoms with van der Waals surface area (Å²) in [6, 6.07) is 5.26. The zero-order valence-corrected chi connectivity index (χ0v) is 10.0. The van der Waals surface area contributed by atoms with Gasteiger partial charge in [0.05, 0.1) is 0 Å². The molecule has 0 spiro atoms. The number of anilines is 1. The van der Waals surface area contributed by atoms with Crippen molar-refractivity contribution < 1.29 is 14.7 Å². The number of rotatable bonds is 4. The molecule has 3 N–H and O–H groups in total. The van der Waals surface area contributed by atoms with Gasteiger partial charge in [0.1, 0.15) is 0 Å². The Bertz CT molecular complexity index is 471. The van der Waals surface area contributed by atoms with Crippen LogP contribution in [0, 0.1) is 0 Å². The highest BCUT2D eigenvalue weighted by molar-refractivity contribution is 5.97. The lowest BCUT2D eigenvalue weighted by Crippen LogP contribution is -2.26. The fourth-order valence-electron chi connectivity index (χ4n) is 1.91. The largest absolute Gasteiger partial charge is 0.396 e. The van der Waals surface area contributed by atoms with E-state index >= 15 is 0 Å².